The average molecular weight is 311 g/mol. The molecule has 0 amide bonds. The molecule has 0 saturated carbocycles. The van der Waals surface area contributed by atoms with Crippen LogP contribution in [0.2, 0.25) is 0 Å². The molecular formula is C16H14FN5O. The van der Waals surface area contributed by atoms with E-state index in [0.717, 1.165) is 13.0 Å². The van der Waals surface area contributed by atoms with Crippen LogP contribution in [0.4, 0.5) is 10.3 Å². The van der Waals surface area contributed by atoms with Crippen LogP contribution in [0.3, 0.4) is 0 Å². The van der Waals surface area contributed by atoms with Crippen molar-refractivity contribution in [1.29, 1.82) is 5.26 Å². The van der Waals surface area contributed by atoms with Crippen LogP contribution in [0, 0.1) is 17.1 Å². The second-order valence-corrected chi connectivity index (χ2v) is 4.87. The minimum Gasteiger partial charge on any atom is -0.419 e. The van der Waals surface area contributed by atoms with Gasteiger partial charge in [0.15, 0.2) is 0 Å². The molecule has 2 heterocycles. The van der Waals surface area contributed by atoms with E-state index in [4.69, 9.17) is 9.68 Å². The van der Waals surface area contributed by atoms with Crippen LogP contribution in [0.1, 0.15) is 12.1 Å². The van der Waals surface area contributed by atoms with Crippen LogP contribution in [0.15, 0.2) is 47.4 Å². The Morgan fingerprint density at radius 2 is 2.22 bits per heavy atom. The maximum atomic E-state index is 13.8. The van der Waals surface area contributed by atoms with Crippen molar-refractivity contribution >= 4 is 5.88 Å². The van der Waals surface area contributed by atoms with Crippen molar-refractivity contribution in [2.45, 2.75) is 13.0 Å². The summed E-state index contributed by atoms with van der Waals surface area (Å²) in [6.45, 7) is 1.39. The molecule has 3 rings (SSSR count). The number of benzene rings is 1. The maximum absolute atomic E-state index is 13.8. The third-order valence-corrected chi connectivity index (χ3v) is 3.28. The van der Waals surface area contributed by atoms with Crippen LogP contribution in [0.5, 0.6) is 0 Å². The Bertz CT molecular complexity index is 819. The topological polar surface area (TPSA) is 79.7 Å². The Labute approximate surface area is 132 Å². The lowest BCUT2D eigenvalue weighted by atomic mass is 10.2. The predicted octanol–water partition coefficient (Wildman–Crippen LogP) is 3.05. The summed E-state index contributed by atoms with van der Waals surface area (Å²) in [5, 5.41) is 12.2. The van der Waals surface area contributed by atoms with E-state index in [9.17, 15) is 4.39 Å². The Morgan fingerprint density at radius 1 is 1.35 bits per heavy atom. The second-order valence-electron chi connectivity index (χ2n) is 4.87. The molecule has 1 aromatic carbocycles. The van der Waals surface area contributed by atoms with E-state index in [1.54, 1.807) is 30.7 Å². The smallest absolute Gasteiger partial charge is 0.233 e. The molecule has 6 nitrogen and oxygen atoms in total. The largest absolute Gasteiger partial charge is 0.419 e. The van der Waals surface area contributed by atoms with Crippen molar-refractivity contribution in [3.05, 3.63) is 54.5 Å². The lowest BCUT2D eigenvalue weighted by Crippen LogP contribution is -2.06. The number of hydrogen-bond donors (Lipinski definition) is 1. The quantitative estimate of drug-likeness (QED) is 0.708. The van der Waals surface area contributed by atoms with Gasteiger partial charge in [0, 0.05) is 25.5 Å². The van der Waals surface area contributed by atoms with Crippen LogP contribution >= 0.6 is 0 Å². The molecule has 0 atom stereocenters. The molecule has 0 fully saturated rings. The van der Waals surface area contributed by atoms with E-state index in [1.165, 1.54) is 6.07 Å². The fraction of sp³-hybridized carbons (Fsp3) is 0.188. The first-order valence-electron chi connectivity index (χ1n) is 7.13. The molecule has 0 aliphatic rings. The van der Waals surface area contributed by atoms with Gasteiger partial charge in [0.25, 0.3) is 0 Å². The number of oxazole rings is 1. The summed E-state index contributed by atoms with van der Waals surface area (Å²) in [5.41, 5.74) is 0.348. The SMILES string of the molecule is N#Cc1nc(-c2ccccc2F)oc1NCCCn1ccnc1. The molecule has 3 aromatic rings. The lowest BCUT2D eigenvalue weighted by molar-refractivity contribution is 0.566. The van der Waals surface area contributed by atoms with E-state index >= 15 is 0 Å². The summed E-state index contributed by atoms with van der Waals surface area (Å²) in [5.74, 6) is -0.0851. The molecule has 0 aliphatic carbocycles. The van der Waals surface area contributed by atoms with Gasteiger partial charge in [-0.2, -0.15) is 10.2 Å². The molecular weight excluding hydrogens is 297 g/mol. The van der Waals surface area contributed by atoms with Gasteiger partial charge >= 0.3 is 0 Å². The minimum absolute atomic E-state index is 0.0942. The van der Waals surface area contributed by atoms with E-state index in [-0.39, 0.29) is 23.0 Å². The number of hydrogen-bond acceptors (Lipinski definition) is 5. The van der Waals surface area contributed by atoms with Crippen molar-refractivity contribution in [1.82, 2.24) is 14.5 Å². The first-order valence-corrected chi connectivity index (χ1v) is 7.13. The van der Waals surface area contributed by atoms with Gasteiger partial charge in [0.1, 0.15) is 11.9 Å². The average Bonchev–Trinajstić information content (AvgIpc) is 3.21. The van der Waals surface area contributed by atoms with Gasteiger partial charge in [0.05, 0.1) is 11.9 Å². The summed E-state index contributed by atoms with van der Waals surface area (Å²) < 4.78 is 21.2. The zero-order valence-electron chi connectivity index (χ0n) is 12.2. The molecule has 116 valence electrons. The molecule has 0 bridgehead atoms. The minimum atomic E-state index is -0.440. The fourth-order valence-corrected chi connectivity index (χ4v) is 2.15. The highest BCUT2D eigenvalue weighted by molar-refractivity contribution is 5.59. The molecule has 0 radical (unpaired) electrons. The van der Waals surface area contributed by atoms with Crippen LogP contribution in [0.25, 0.3) is 11.5 Å². The van der Waals surface area contributed by atoms with E-state index < -0.39 is 5.82 Å². The number of rotatable bonds is 6. The number of nitrogens with zero attached hydrogens (tertiary/aromatic N) is 4. The predicted molar refractivity (Wildman–Crippen MR) is 81.9 cm³/mol. The number of aromatic nitrogens is 3. The lowest BCUT2D eigenvalue weighted by Gasteiger charge is -2.03. The standard InChI is InChI=1S/C16H14FN5O/c17-13-5-2-1-4-12(13)15-21-14(10-18)16(23-15)20-6-3-8-22-9-7-19-11-22/h1-2,4-5,7,9,11,20H,3,6,8H2. The monoisotopic (exact) mass is 311 g/mol. The summed E-state index contributed by atoms with van der Waals surface area (Å²) in [7, 11) is 0. The van der Waals surface area contributed by atoms with Gasteiger partial charge in [-0.25, -0.2) is 9.37 Å². The van der Waals surface area contributed by atoms with Crippen molar-refractivity contribution in [2.24, 2.45) is 0 Å². The van der Waals surface area contributed by atoms with E-state index in [2.05, 4.69) is 15.3 Å². The van der Waals surface area contributed by atoms with Gasteiger partial charge in [-0.3, -0.25) is 0 Å². The van der Waals surface area contributed by atoms with Crippen LogP contribution in [-0.2, 0) is 6.54 Å². The molecule has 7 heteroatoms. The highest BCUT2D eigenvalue weighted by Crippen LogP contribution is 2.27. The first-order chi connectivity index (χ1) is 11.3. The zero-order valence-corrected chi connectivity index (χ0v) is 12.2. The highest BCUT2D eigenvalue weighted by Gasteiger charge is 2.16. The normalized spacial score (nSPS) is 10.4. The Kier molecular flexibility index (Phi) is 4.34. The number of halogens is 1. The molecule has 0 saturated heterocycles. The van der Waals surface area contributed by atoms with Crippen LogP contribution in [-0.4, -0.2) is 21.1 Å². The third kappa shape index (κ3) is 3.37. The van der Waals surface area contributed by atoms with Crippen molar-refractivity contribution in [2.75, 3.05) is 11.9 Å². The molecule has 23 heavy (non-hydrogen) atoms. The van der Waals surface area contributed by atoms with Gasteiger partial charge in [-0.05, 0) is 18.6 Å². The van der Waals surface area contributed by atoms with Gasteiger partial charge in [0.2, 0.25) is 17.5 Å². The van der Waals surface area contributed by atoms with Crippen molar-refractivity contribution in [3.8, 4) is 17.5 Å². The molecule has 0 unspecified atom stereocenters. The van der Waals surface area contributed by atoms with Crippen molar-refractivity contribution < 1.29 is 8.81 Å². The Balaban J connectivity index is 1.68. The number of nitrogens with one attached hydrogen (secondary N) is 1. The molecule has 2 aromatic heterocycles. The highest BCUT2D eigenvalue weighted by atomic mass is 19.1. The Morgan fingerprint density at radius 3 is 2.96 bits per heavy atom. The number of aryl methyl sites for hydroxylation is 1. The summed E-state index contributed by atoms with van der Waals surface area (Å²) in [6, 6.07) is 8.11. The summed E-state index contributed by atoms with van der Waals surface area (Å²) >= 11 is 0. The molecule has 0 spiro atoms. The maximum Gasteiger partial charge on any atom is 0.233 e. The first kappa shape index (κ1) is 14.8. The Hall–Kier alpha value is -3.14. The zero-order chi connectivity index (χ0) is 16.1. The fourth-order valence-electron chi connectivity index (χ4n) is 2.15. The summed E-state index contributed by atoms with van der Waals surface area (Å²) in [4.78, 5) is 8.01. The van der Waals surface area contributed by atoms with Gasteiger partial charge < -0.3 is 14.3 Å². The van der Waals surface area contributed by atoms with Gasteiger partial charge in [-0.15, -0.1) is 0 Å². The number of anilines is 1. The van der Waals surface area contributed by atoms with Gasteiger partial charge in [-0.1, -0.05) is 12.1 Å². The van der Waals surface area contributed by atoms with Crippen molar-refractivity contribution in [3.63, 3.8) is 0 Å². The van der Waals surface area contributed by atoms with E-state index in [0.29, 0.717) is 6.54 Å². The second kappa shape index (κ2) is 6.75. The number of nitriles is 1. The number of imidazole rings is 1. The summed E-state index contributed by atoms with van der Waals surface area (Å²) in [6.07, 6.45) is 6.16. The van der Waals surface area contributed by atoms with Crippen LogP contribution < -0.4 is 5.32 Å². The molecule has 0 aliphatic heterocycles. The third-order valence-electron chi connectivity index (χ3n) is 3.28. The van der Waals surface area contributed by atoms with E-state index in [1.807, 2.05) is 16.8 Å². The molecule has 1 N–H and O–H groups in total.